The highest BCUT2D eigenvalue weighted by Gasteiger charge is 2.52. The van der Waals surface area contributed by atoms with Gasteiger partial charge in [0, 0.05) is 29.1 Å². The molecule has 4 saturated carbocycles. The zero-order valence-electron chi connectivity index (χ0n) is 17.9. The molecule has 1 N–H and O–H groups in total. The van der Waals surface area contributed by atoms with Crippen LogP contribution in [-0.2, 0) is 5.41 Å². The summed E-state index contributed by atoms with van der Waals surface area (Å²) in [5.41, 5.74) is 2.57. The van der Waals surface area contributed by atoms with Crippen LogP contribution in [0.4, 0.5) is 5.69 Å². The van der Waals surface area contributed by atoms with Crippen LogP contribution in [0.3, 0.4) is 0 Å². The minimum atomic E-state index is 0.118. The van der Waals surface area contributed by atoms with E-state index in [4.69, 9.17) is 18.7 Å². The summed E-state index contributed by atoms with van der Waals surface area (Å²) in [5, 5.41) is 7.98. The van der Waals surface area contributed by atoms with Gasteiger partial charge < -0.3 is 19.0 Å². The van der Waals surface area contributed by atoms with Gasteiger partial charge in [-0.1, -0.05) is 17.3 Å². The second-order valence-corrected chi connectivity index (χ2v) is 9.64. The van der Waals surface area contributed by atoms with Gasteiger partial charge in [-0.3, -0.25) is 0 Å². The number of hydrogen-bond acceptors (Lipinski definition) is 7. The van der Waals surface area contributed by atoms with E-state index >= 15 is 0 Å². The van der Waals surface area contributed by atoms with Crippen molar-refractivity contribution in [2.24, 2.45) is 5.41 Å². The standard InChI is InChI=1S/C24H28N4O3/c1-29-22-25-14-19(30-22)17-3-2-4-18(13-17)26-15-23-7-10-24(11-8-23,12-9-23)21-27-20(28-31-21)16-5-6-16/h2-4,13-14,16,26H,5-12,15H2,1H3. The summed E-state index contributed by atoms with van der Waals surface area (Å²) in [6.07, 6.45) is 11.5. The van der Waals surface area contributed by atoms with E-state index in [1.807, 2.05) is 12.1 Å². The SMILES string of the molecule is COc1ncc(-c2cccc(NCC34CCC(c5nc(C6CC6)no5)(CC3)CC4)c2)o1. The quantitative estimate of drug-likeness (QED) is 0.554. The van der Waals surface area contributed by atoms with Gasteiger partial charge >= 0.3 is 6.08 Å². The smallest absolute Gasteiger partial charge is 0.393 e. The number of oxazole rings is 1. The monoisotopic (exact) mass is 420 g/mol. The van der Waals surface area contributed by atoms with Crippen molar-refractivity contribution in [3.8, 4) is 17.4 Å². The highest BCUT2D eigenvalue weighted by molar-refractivity contribution is 5.63. The number of rotatable bonds is 7. The number of fused-ring (bicyclic) bond motifs is 3. The van der Waals surface area contributed by atoms with Crippen LogP contribution in [0.25, 0.3) is 11.3 Å². The van der Waals surface area contributed by atoms with Crippen LogP contribution in [0.5, 0.6) is 6.08 Å². The normalized spacial score (nSPS) is 27.4. The molecule has 1 aromatic carbocycles. The molecule has 3 aromatic rings. The van der Waals surface area contributed by atoms with E-state index in [0.717, 1.165) is 48.8 Å². The topological polar surface area (TPSA) is 86.2 Å². The molecule has 0 radical (unpaired) electrons. The van der Waals surface area contributed by atoms with Crippen molar-refractivity contribution in [3.05, 3.63) is 42.2 Å². The molecule has 2 bridgehead atoms. The molecule has 0 aliphatic heterocycles. The Morgan fingerprint density at radius 1 is 1.13 bits per heavy atom. The van der Waals surface area contributed by atoms with Crippen molar-refractivity contribution in [2.45, 2.75) is 62.7 Å². The molecule has 4 aliphatic rings. The maximum atomic E-state index is 5.75. The molecule has 31 heavy (non-hydrogen) atoms. The molecule has 0 saturated heterocycles. The first-order valence-corrected chi connectivity index (χ1v) is 11.4. The lowest BCUT2D eigenvalue weighted by Gasteiger charge is -2.52. The Bertz CT molecular complexity index is 1060. The zero-order valence-corrected chi connectivity index (χ0v) is 17.9. The van der Waals surface area contributed by atoms with Gasteiger partial charge in [-0.25, -0.2) is 0 Å². The Morgan fingerprint density at radius 2 is 1.94 bits per heavy atom. The van der Waals surface area contributed by atoms with Gasteiger partial charge in [-0.15, -0.1) is 0 Å². The van der Waals surface area contributed by atoms with Gasteiger partial charge in [0.05, 0.1) is 13.3 Å². The average Bonchev–Trinajstić information content (AvgIpc) is 3.35. The third-order valence-corrected chi connectivity index (χ3v) is 7.71. The number of aromatic nitrogens is 3. The fourth-order valence-electron chi connectivity index (χ4n) is 5.36. The highest BCUT2D eigenvalue weighted by Crippen LogP contribution is 2.57. The minimum absolute atomic E-state index is 0.118. The van der Waals surface area contributed by atoms with E-state index in [-0.39, 0.29) is 11.5 Å². The van der Waals surface area contributed by atoms with E-state index in [1.165, 1.54) is 32.1 Å². The van der Waals surface area contributed by atoms with Gasteiger partial charge in [0.15, 0.2) is 11.6 Å². The Labute approximate surface area is 181 Å². The Kier molecular flexibility index (Phi) is 4.33. The lowest BCUT2D eigenvalue weighted by molar-refractivity contribution is 0.0322. The van der Waals surface area contributed by atoms with Gasteiger partial charge in [0.1, 0.15) is 0 Å². The molecule has 2 aromatic heterocycles. The van der Waals surface area contributed by atoms with Crippen LogP contribution in [0, 0.1) is 5.41 Å². The largest absolute Gasteiger partial charge is 0.454 e. The van der Waals surface area contributed by atoms with Crippen LogP contribution >= 0.6 is 0 Å². The fourth-order valence-corrected chi connectivity index (χ4v) is 5.36. The van der Waals surface area contributed by atoms with E-state index in [2.05, 4.69) is 27.6 Å². The first-order chi connectivity index (χ1) is 15.2. The number of ether oxygens (including phenoxy) is 1. The molecule has 2 heterocycles. The second-order valence-electron chi connectivity index (χ2n) is 9.64. The molecule has 0 spiro atoms. The molecule has 7 heteroatoms. The van der Waals surface area contributed by atoms with Gasteiger partial charge in [-0.2, -0.15) is 9.97 Å². The fraction of sp³-hybridized carbons (Fsp3) is 0.542. The molecular weight excluding hydrogens is 392 g/mol. The van der Waals surface area contributed by atoms with Crippen molar-refractivity contribution in [2.75, 3.05) is 19.0 Å². The maximum Gasteiger partial charge on any atom is 0.393 e. The van der Waals surface area contributed by atoms with Crippen LogP contribution in [0.15, 0.2) is 39.4 Å². The van der Waals surface area contributed by atoms with Crippen molar-refractivity contribution < 1.29 is 13.7 Å². The summed E-state index contributed by atoms with van der Waals surface area (Å²) in [5.74, 6) is 3.12. The van der Waals surface area contributed by atoms with Crippen LogP contribution in [0.2, 0.25) is 0 Å². The van der Waals surface area contributed by atoms with Gasteiger partial charge in [0.2, 0.25) is 5.89 Å². The third kappa shape index (κ3) is 3.40. The summed E-state index contributed by atoms with van der Waals surface area (Å²) >= 11 is 0. The zero-order chi connectivity index (χ0) is 20.9. The van der Waals surface area contributed by atoms with Crippen LogP contribution in [0.1, 0.15) is 69.0 Å². The molecule has 162 valence electrons. The minimum Gasteiger partial charge on any atom is -0.454 e. The molecule has 7 nitrogen and oxygen atoms in total. The second kappa shape index (κ2) is 7.11. The maximum absolute atomic E-state index is 5.75. The molecule has 0 amide bonds. The van der Waals surface area contributed by atoms with Crippen LogP contribution in [-0.4, -0.2) is 28.8 Å². The summed E-state index contributed by atoms with van der Waals surface area (Å²) < 4.78 is 16.4. The predicted octanol–water partition coefficient (Wildman–Crippen LogP) is 5.31. The van der Waals surface area contributed by atoms with Crippen molar-refractivity contribution in [1.29, 1.82) is 0 Å². The predicted molar refractivity (Wildman–Crippen MR) is 115 cm³/mol. The van der Waals surface area contributed by atoms with Crippen LogP contribution < -0.4 is 10.1 Å². The first kappa shape index (κ1) is 18.9. The number of methoxy groups -OCH3 is 1. The van der Waals surface area contributed by atoms with Gasteiger partial charge in [-0.05, 0) is 68.9 Å². The van der Waals surface area contributed by atoms with E-state index in [0.29, 0.717) is 17.1 Å². The number of hydrogen-bond donors (Lipinski definition) is 1. The lowest BCUT2D eigenvalue weighted by atomic mass is 9.53. The Morgan fingerprint density at radius 3 is 2.65 bits per heavy atom. The molecule has 4 aliphatic carbocycles. The number of anilines is 1. The Balaban J connectivity index is 1.11. The average molecular weight is 421 g/mol. The van der Waals surface area contributed by atoms with Crippen molar-refractivity contribution in [1.82, 2.24) is 15.1 Å². The lowest BCUT2D eigenvalue weighted by Crippen LogP contribution is -2.47. The molecule has 4 fully saturated rings. The third-order valence-electron chi connectivity index (χ3n) is 7.71. The molecular formula is C24H28N4O3. The molecule has 7 rings (SSSR count). The molecule has 0 unspecified atom stereocenters. The number of nitrogens with one attached hydrogen (secondary N) is 1. The van der Waals surface area contributed by atoms with E-state index in [9.17, 15) is 0 Å². The van der Waals surface area contributed by atoms with E-state index in [1.54, 1.807) is 13.3 Å². The summed E-state index contributed by atoms with van der Waals surface area (Å²) in [4.78, 5) is 8.92. The number of nitrogens with zero attached hydrogens (tertiary/aromatic N) is 3. The Hall–Kier alpha value is -2.83. The summed E-state index contributed by atoms with van der Waals surface area (Å²) in [6.45, 7) is 0.990. The van der Waals surface area contributed by atoms with Crippen molar-refractivity contribution >= 4 is 5.69 Å². The summed E-state index contributed by atoms with van der Waals surface area (Å²) in [6, 6.07) is 8.30. The van der Waals surface area contributed by atoms with Gasteiger partial charge in [0.25, 0.3) is 0 Å². The summed E-state index contributed by atoms with van der Waals surface area (Å²) in [7, 11) is 1.56. The van der Waals surface area contributed by atoms with Crippen molar-refractivity contribution in [3.63, 3.8) is 0 Å². The first-order valence-electron chi connectivity index (χ1n) is 11.4. The number of benzene rings is 1. The molecule has 0 atom stereocenters. The highest BCUT2D eigenvalue weighted by atomic mass is 16.6. The van der Waals surface area contributed by atoms with E-state index < -0.39 is 0 Å².